The average Bonchev–Trinajstić information content (AvgIpc) is 2.35. The van der Waals surface area contributed by atoms with Crippen LogP contribution in [0.25, 0.3) is 0 Å². The molecule has 1 N–H and O–H groups in total. The molecule has 0 bridgehead atoms. The van der Waals surface area contributed by atoms with Crippen LogP contribution in [0.1, 0.15) is 19.8 Å². The van der Waals surface area contributed by atoms with Gasteiger partial charge in [-0.3, -0.25) is 0 Å². The number of likely N-dealkylation sites (N-methyl/N-ethyl adjacent to an activating group) is 1. The second-order valence-corrected chi connectivity index (χ2v) is 4.76. The summed E-state index contributed by atoms with van der Waals surface area (Å²) in [6, 6.07) is 0. The monoisotopic (exact) mass is 244 g/mol. The van der Waals surface area contributed by atoms with Crippen molar-refractivity contribution in [3.8, 4) is 0 Å². The first-order valence-electron chi connectivity index (χ1n) is 6.87. The third kappa shape index (κ3) is 7.71. The molecule has 0 saturated carbocycles. The predicted molar refractivity (Wildman–Crippen MR) is 70.4 cm³/mol. The molecule has 1 heterocycles. The fourth-order valence-corrected chi connectivity index (χ4v) is 2.18. The summed E-state index contributed by atoms with van der Waals surface area (Å²) in [5, 5.41) is 3.40. The van der Waals surface area contributed by atoms with Crippen molar-refractivity contribution in [2.75, 3.05) is 59.7 Å². The van der Waals surface area contributed by atoms with E-state index in [4.69, 9.17) is 9.47 Å². The highest BCUT2D eigenvalue weighted by Crippen LogP contribution is 2.12. The SMILES string of the molecule is CCOCCOCCN(C)CC1CCNCC1. The van der Waals surface area contributed by atoms with E-state index in [2.05, 4.69) is 17.3 Å². The third-order valence-electron chi connectivity index (χ3n) is 3.22. The number of hydrogen-bond donors (Lipinski definition) is 1. The summed E-state index contributed by atoms with van der Waals surface area (Å²) in [6.45, 7) is 9.63. The van der Waals surface area contributed by atoms with Gasteiger partial charge in [-0.2, -0.15) is 0 Å². The molecule has 0 amide bonds. The van der Waals surface area contributed by atoms with Gasteiger partial charge in [0, 0.05) is 19.7 Å². The van der Waals surface area contributed by atoms with E-state index in [9.17, 15) is 0 Å². The number of rotatable bonds is 9. The number of hydrogen-bond acceptors (Lipinski definition) is 4. The maximum absolute atomic E-state index is 5.52. The van der Waals surface area contributed by atoms with Crippen molar-refractivity contribution in [1.82, 2.24) is 10.2 Å². The maximum atomic E-state index is 5.52. The zero-order valence-electron chi connectivity index (χ0n) is 11.4. The van der Waals surface area contributed by atoms with E-state index >= 15 is 0 Å². The molecule has 0 radical (unpaired) electrons. The molecule has 0 aromatic rings. The fraction of sp³-hybridized carbons (Fsp3) is 1.00. The Kier molecular flexibility index (Phi) is 8.61. The standard InChI is InChI=1S/C13H28N2O2/c1-3-16-10-11-17-9-8-15(2)12-13-4-6-14-7-5-13/h13-14H,3-12H2,1-2H3. The van der Waals surface area contributed by atoms with E-state index in [1.54, 1.807) is 0 Å². The Balaban J connectivity index is 1.91. The van der Waals surface area contributed by atoms with E-state index in [1.807, 2.05) is 6.92 Å². The summed E-state index contributed by atoms with van der Waals surface area (Å²) in [4.78, 5) is 2.39. The van der Waals surface area contributed by atoms with E-state index in [1.165, 1.54) is 32.5 Å². The Hall–Kier alpha value is -0.160. The van der Waals surface area contributed by atoms with Gasteiger partial charge in [0.15, 0.2) is 0 Å². The van der Waals surface area contributed by atoms with Gasteiger partial charge in [-0.15, -0.1) is 0 Å². The zero-order chi connectivity index (χ0) is 12.3. The second-order valence-electron chi connectivity index (χ2n) is 4.76. The van der Waals surface area contributed by atoms with Crippen LogP contribution in [0.2, 0.25) is 0 Å². The Bertz CT molecular complexity index is 173. The highest BCUT2D eigenvalue weighted by Gasteiger charge is 2.14. The minimum absolute atomic E-state index is 0.717. The first-order chi connectivity index (χ1) is 8.33. The van der Waals surface area contributed by atoms with Gasteiger partial charge >= 0.3 is 0 Å². The maximum Gasteiger partial charge on any atom is 0.0701 e. The largest absolute Gasteiger partial charge is 0.379 e. The van der Waals surface area contributed by atoms with E-state index in [0.717, 1.165) is 32.3 Å². The number of ether oxygens (including phenoxy) is 2. The highest BCUT2D eigenvalue weighted by atomic mass is 16.5. The van der Waals surface area contributed by atoms with Crippen molar-refractivity contribution >= 4 is 0 Å². The number of nitrogens with one attached hydrogen (secondary N) is 1. The number of nitrogens with zero attached hydrogens (tertiary/aromatic N) is 1. The molecule has 0 aromatic heterocycles. The van der Waals surface area contributed by atoms with Crippen molar-refractivity contribution in [2.24, 2.45) is 5.92 Å². The summed E-state index contributed by atoms with van der Waals surface area (Å²) >= 11 is 0. The van der Waals surface area contributed by atoms with Gasteiger partial charge in [0.05, 0.1) is 19.8 Å². The lowest BCUT2D eigenvalue weighted by molar-refractivity contribution is 0.0435. The van der Waals surface area contributed by atoms with Crippen LogP contribution in [0.3, 0.4) is 0 Å². The normalized spacial score (nSPS) is 17.8. The Morgan fingerprint density at radius 1 is 1.12 bits per heavy atom. The molecule has 0 spiro atoms. The van der Waals surface area contributed by atoms with Crippen LogP contribution >= 0.6 is 0 Å². The molecule has 1 aliphatic rings. The molecule has 0 aromatic carbocycles. The average molecular weight is 244 g/mol. The van der Waals surface area contributed by atoms with Gasteiger partial charge in [-0.1, -0.05) is 0 Å². The lowest BCUT2D eigenvalue weighted by atomic mass is 9.98. The summed E-state index contributed by atoms with van der Waals surface area (Å²) in [5.74, 6) is 0.865. The molecule has 102 valence electrons. The van der Waals surface area contributed by atoms with Crippen LogP contribution in [0.5, 0.6) is 0 Å². The molecule has 1 aliphatic heterocycles. The van der Waals surface area contributed by atoms with Crippen molar-refractivity contribution in [3.05, 3.63) is 0 Å². The molecular formula is C13H28N2O2. The van der Waals surface area contributed by atoms with E-state index in [0.29, 0.717) is 6.61 Å². The quantitative estimate of drug-likeness (QED) is 0.613. The smallest absolute Gasteiger partial charge is 0.0701 e. The molecule has 4 nitrogen and oxygen atoms in total. The van der Waals surface area contributed by atoms with Gasteiger partial charge in [0.25, 0.3) is 0 Å². The lowest BCUT2D eigenvalue weighted by Gasteiger charge is -2.27. The predicted octanol–water partition coefficient (Wildman–Crippen LogP) is 0.971. The first kappa shape index (κ1) is 14.9. The topological polar surface area (TPSA) is 33.7 Å². The molecule has 0 aliphatic carbocycles. The van der Waals surface area contributed by atoms with Gasteiger partial charge < -0.3 is 19.7 Å². The van der Waals surface area contributed by atoms with Crippen LogP contribution in [0, 0.1) is 5.92 Å². The summed E-state index contributed by atoms with van der Waals surface area (Å²) < 4.78 is 10.7. The van der Waals surface area contributed by atoms with Crippen LogP contribution in [0.4, 0.5) is 0 Å². The molecular weight excluding hydrogens is 216 g/mol. The minimum Gasteiger partial charge on any atom is -0.379 e. The second kappa shape index (κ2) is 9.83. The Labute approximate surface area is 106 Å². The highest BCUT2D eigenvalue weighted by molar-refractivity contribution is 4.71. The van der Waals surface area contributed by atoms with Crippen LogP contribution in [0.15, 0.2) is 0 Å². The lowest BCUT2D eigenvalue weighted by Crippen LogP contribution is -2.35. The summed E-state index contributed by atoms with van der Waals surface area (Å²) in [7, 11) is 2.19. The number of piperidine rings is 1. The van der Waals surface area contributed by atoms with Gasteiger partial charge in [0.1, 0.15) is 0 Å². The molecule has 1 saturated heterocycles. The van der Waals surface area contributed by atoms with Crippen LogP contribution in [-0.4, -0.2) is 64.6 Å². The third-order valence-corrected chi connectivity index (χ3v) is 3.22. The molecule has 0 atom stereocenters. The van der Waals surface area contributed by atoms with Crippen molar-refractivity contribution < 1.29 is 9.47 Å². The summed E-state index contributed by atoms with van der Waals surface area (Å²) in [6.07, 6.45) is 2.63. The van der Waals surface area contributed by atoms with Crippen molar-refractivity contribution in [1.29, 1.82) is 0 Å². The van der Waals surface area contributed by atoms with Gasteiger partial charge in [-0.25, -0.2) is 0 Å². The van der Waals surface area contributed by atoms with E-state index in [-0.39, 0.29) is 0 Å². The van der Waals surface area contributed by atoms with Gasteiger partial charge in [-0.05, 0) is 45.8 Å². The molecule has 4 heteroatoms. The molecule has 17 heavy (non-hydrogen) atoms. The molecule has 1 fully saturated rings. The minimum atomic E-state index is 0.717. The first-order valence-corrected chi connectivity index (χ1v) is 6.87. The Morgan fingerprint density at radius 3 is 2.53 bits per heavy atom. The zero-order valence-corrected chi connectivity index (χ0v) is 11.4. The summed E-state index contributed by atoms with van der Waals surface area (Å²) in [5.41, 5.74) is 0. The van der Waals surface area contributed by atoms with Crippen molar-refractivity contribution in [2.45, 2.75) is 19.8 Å². The Morgan fingerprint density at radius 2 is 1.82 bits per heavy atom. The molecule has 0 unspecified atom stereocenters. The van der Waals surface area contributed by atoms with Gasteiger partial charge in [0.2, 0.25) is 0 Å². The fourth-order valence-electron chi connectivity index (χ4n) is 2.18. The van der Waals surface area contributed by atoms with Crippen LogP contribution < -0.4 is 5.32 Å². The van der Waals surface area contributed by atoms with Crippen molar-refractivity contribution in [3.63, 3.8) is 0 Å². The van der Waals surface area contributed by atoms with E-state index < -0.39 is 0 Å². The van der Waals surface area contributed by atoms with Crippen LogP contribution in [-0.2, 0) is 9.47 Å². The molecule has 1 rings (SSSR count).